The van der Waals surface area contributed by atoms with Gasteiger partial charge in [0, 0.05) is 25.1 Å². The molecule has 0 aromatic heterocycles. The van der Waals surface area contributed by atoms with Gasteiger partial charge in [0.25, 0.3) is 0 Å². The Morgan fingerprint density at radius 1 is 1.07 bits per heavy atom. The van der Waals surface area contributed by atoms with Crippen molar-refractivity contribution in [3.63, 3.8) is 0 Å². The van der Waals surface area contributed by atoms with Crippen molar-refractivity contribution in [3.05, 3.63) is 47.5 Å². The number of nitrogens with zero attached hydrogens (tertiary/aromatic N) is 1. The normalized spacial score (nSPS) is 14.9. The van der Waals surface area contributed by atoms with Crippen LogP contribution in [0.2, 0.25) is 0 Å². The molecule has 0 unspecified atom stereocenters. The summed E-state index contributed by atoms with van der Waals surface area (Å²) in [6.07, 6.45) is 0.841. The third-order valence-electron chi connectivity index (χ3n) is 5.04. The summed E-state index contributed by atoms with van der Waals surface area (Å²) in [7, 11) is 4.63. The molecule has 2 aromatic rings. The molecule has 0 fully saturated rings. The number of fused-ring (bicyclic) bond motifs is 1. The van der Waals surface area contributed by atoms with Gasteiger partial charge >= 0.3 is 0 Å². The van der Waals surface area contributed by atoms with Crippen LogP contribution in [0.1, 0.15) is 24.5 Å². The van der Waals surface area contributed by atoms with Crippen LogP contribution in [-0.4, -0.2) is 39.2 Å². The number of rotatable bonds is 7. The van der Waals surface area contributed by atoms with Crippen LogP contribution in [0.15, 0.2) is 36.4 Å². The lowest BCUT2D eigenvalue weighted by atomic mass is 10.1. The Hall–Kier alpha value is -3.22. The molecule has 7 nitrogen and oxygen atoms in total. The minimum atomic E-state index is -0.554. The van der Waals surface area contributed by atoms with Gasteiger partial charge in [0.1, 0.15) is 6.04 Å². The molecule has 0 radical (unpaired) electrons. The molecule has 29 heavy (non-hydrogen) atoms. The summed E-state index contributed by atoms with van der Waals surface area (Å²) in [5.74, 6) is 1.27. The van der Waals surface area contributed by atoms with Gasteiger partial charge in [-0.05, 0) is 29.3 Å². The number of methoxy groups -OCH3 is 3. The van der Waals surface area contributed by atoms with E-state index >= 15 is 0 Å². The molecule has 1 aliphatic heterocycles. The lowest BCUT2D eigenvalue weighted by Gasteiger charge is -2.24. The minimum absolute atomic E-state index is 0.0668. The lowest BCUT2D eigenvalue weighted by molar-refractivity contribution is -0.126. The molecule has 154 valence electrons. The molecular weight excluding hydrogens is 372 g/mol. The Bertz CT molecular complexity index is 887. The average Bonchev–Trinajstić information content (AvgIpc) is 3.15. The van der Waals surface area contributed by atoms with E-state index in [2.05, 4.69) is 5.32 Å². The fourth-order valence-electron chi connectivity index (χ4n) is 3.62. The Labute approximate surface area is 170 Å². The maximum atomic E-state index is 13.0. The van der Waals surface area contributed by atoms with Crippen LogP contribution in [0.25, 0.3) is 0 Å². The second-order valence-electron chi connectivity index (χ2n) is 6.72. The number of nitrogens with one attached hydrogen (secondary N) is 1. The molecule has 0 aliphatic carbocycles. The van der Waals surface area contributed by atoms with Gasteiger partial charge in [-0.3, -0.25) is 14.5 Å². The molecule has 3 rings (SSSR count). The lowest BCUT2D eigenvalue weighted by Crippen LogP contribution is -2.47. The fourth-order valence-corrected chi connectivity index (χ4v) is 3.62. The summed E-state index contributed by atoms with van der Waals surface area (Å²) in [5, 5.41) is 2.94. The predicted octanol–water partition coefficient (Wildman–Crippen LogP) is 2.70. The van der Waals surface area contributed by atoms with E-state index in [1.165, 1.54) is 0 Å². The van der Waals surface area contributed by atoms with E-state index in [0.29, 0.717) is 30.1 Å². The molecule has 0 bridgehead atoms. The first kappa shape index (κ1) is 20.5. The van der Waals surface area contributed by atoms with Crippen molar-refractivity contribution in [2.75, 3.05) is 26.2 Å². The summed E-state index contributed by atoms with van der Waals surface area (Å²) in [6, 6.07) is 10.7. The third-order valence-corrected chi connectivity index (χ3v) is 5.04. The van der Waals surface area contributed by atoms with Gasteiger partial charge in [0.2, 0.25) is 17.6 Å². The van der Waals surface area contributed by atoms with Crippen molar-refractivity contribution in [2.45, 2.75) is 32.4 Å². The molecule has 0 saturated heterocycles. The first-order valence-electron chi connectivity index (χ1n) is 9.50. The van der Waals surface area contributed by atoms with E-state index < -0.39 is 6.04 Å². The molecule has 1 N–H and O–H groups in total. The SMILES string of the molecule is CCC(=O)N1c2ccccc2C[C@H]1C(=O)NCc1cc(OC)c(OC)c(OC)c1. The molecule has 1 atom stereocenters. The second-order valence-corrected chi connectivity index (χ2v) is 6.72. The first-order valence-corrected chi connectivity index (χ1v) is 9.50. The zero-order valence-corrected chi connectivity index (χ0v) is 17.2. The van der Waals surface area contributed by atoms with Crippen molar-refractivity contribution in [1.29, 1.82) is 0 Å². The number of carbonyl (C=O) groups excluding carboxylic acids is 2. The van der Waals surface area contributed by atoms with Crippen LogP contribution >= 0.6 is 0 Å². The first-order chi connectivity index (χ1) is 14.0. The number of carbonyl (C=O) groups is 2. The van der Waals surface area contributed by atoms with Gasteiger partial charge in [-0.1, -0.05) is 25.1 Å². The van der Waals surface area contributed by atoms with E-state index in [4.69, 9.17) is 14.2 Å². The largest absolute Gasteiger partial charge is 0.493 e. The summed E-state index contributed by atoms with van der Waals surface area (Å²) < 4.78 is 16.0. The van der Waals surface area contributed by atoms with E-state index in [1.54, 1.807) is 45.3 Å². The summed E-state index contributed by atoms with van der Waals surface area (Å²) in [4.78, 5) is 27.1. The zero-order chi connectivity index (χ0) is 21.0. The maximum Gasteiger partial charge on any atom is 0.243 e. The highest BCUT2D eigenvalue weighted by molar-refractivity contribution is 6.03. The fraction of sp³-hybridized carbons (Fsp3) is 0.364. The smallest absolute Gasteiger partial charge is 0.243 e. The van der Waals surface area contributed by atoms with Crippen molar-refractivity contribution < 1.29 is 23.8 Å². The van der Waals surface area contributed by atoms with Gasteiger partial charge in [0.05, 0.1) is 21.3 Å². The predicted molar refractivity (Wildman–Crippen MR) is 110 cm³/mol. The van der Waals surface area contributed by atoms with Crippen molar-refractivity contribution in [2.24, 2.45) is 0 Å². The van der Waals surface area contributed by atoms with Crippen LogP contribution in [0.3, 0.4) is 0 Å². The molecule has 0 spiro atoms. The standard InChI is InChI=1S/C22H26N2O5/c1-5-20(25)24-16-9-7-6-8-15(16)12-17(24)22(26)23-13-14-10-18(27-2)21(29-4)19(11-14)28-3/h6-11,17H,5,12-13H2,1-4H3,(H,23,26)/t17-/m0/s1. The maximum absolute atomic E-state index is 13.0. The Morgan fingerprint density at radius 2 is 1.72 bits per heavy atom. The van der Waals surface area contributed by atoms with E-state index in [1.807, 2.05) is 24.3 Å². The highest BCUT2D eigenvalue weighted by Crippen LogP contribution is 2.38. The van der Waals surface area contributed by atoms with E-state index in [-0.39, 0.29) is 18.4 Å². The molecule has 2 amide bonds. The number of para-hydroxylation sites is 1. The van der Waals surface area contributed by atoms with Crippen molar-refractivity contribution >= 4 is 17.5 Å². The number of benzene rings is 2. The van der Waals surface area contributed by atoms with Crippen molar-refractivity contribution in [1.82, 2.24) is 5.32 Å². The number of hydrogen-bond acceptors (Lipinski definition) is 5. The van der Waals surface area contributed by atoms with Gasteiger partial charge in [-0.2, -0.15) is 0 Å². The molecule has 0 saturated carbocycles. The Morgan fingerprint density at radius 3 is 2.31 bits per heavy atom. The molecular formula is C22H26N2O5. The highest BCUT2D eigenvalue weighted by Gasteiger charge is 2.37. The summed E-state index contributed by atoms with van der Waals surface area (Å²) in [6.45, 7) is 2.07. The molecule has 1 heterocycles. The number of anilines is 1. The quantitative estimate of drug-likeness (QED) is 0.776. The zero-order valence-electron chi connectivity index (χ0n) is 17.2. The molecule has 2 aromatic carbocycles. The van der Waals surface area contributed by atoms with Crippen LogP contribution in [-0.2, 0) is 22.6 Å². The minimum Gasteiger partial charge on any atom is -0.493 e. The second kappa shape index (κ2) is 8.86. The van der Waals surface area contributed by atoms with E-state index in [0.717, 1.165) is 16.8 Å². The van der Waals surface area contributed by atoms with Crippen molar-refractivity contribution in [3.8, 4) is 17.2 Å². The topological polar surface area (TPSA) is 77.1 Å². The Kier molecular flexibility index (Phi) is 6.26. The summed E-state index contributed by atoms with van der Waals surface area (Å²) in [5.41, 5.74) is 2.62. The van der Waals surface area contributed by atoms with E-state index in [9.17, 15) is 9.59 Å². The van der Waals surface area contributed by atoms with Crippen LogP contribution < -0.4 is 24.4 Å². The van der Waals surface area contributed by atoms with Crippen LogP contribution in [0.4, 0.5) is 5.69 Å². The molecule has 1 aliphatic rings. The highest BCUT2D eigenvalue weighted by atomic mass is 16.5. The third kappa shape index (κ3) is 3.99. The van der Waals surface area contributed by atoms with Gasteiger partial charge < -0.3 is 19.5 Å². The number of ether oxygens (including phenoxy) is 3. The van der Waals surface area contributed by atoms with Gasteiger partial charge in [0.15, 0.2) is 11.5 Å². The number of hydrogen-bond donors (Lipinski definition) is 1. The van der Waals surface area contributed by atoms with Gasteiger partial charge in [-0.15, -0.1) is 0 Å². The monoisotopic (exact) mass is 398 g/mol. The molecule has 7 heteroatoms. The van der Waals surface area contributed by atoms with Gasteiger partial charge in [-0.25, -0.2) is 0 Å². The average molecular weight is 398 g/mol. The van der Waals surface area contributed by atoms with Crippen LogP contribution in [0.5, 0.6) is 17.2 Å². The van der Waals surface area contributed by atoms with Crippen LogP contribution in [0, 0.1) is 0 Å². The number of amides is 2. The summed E-state index contributed by atoms with van der Waals surface area (Å²) >= 11 is 0. The Balaban J connectivity index is 1.78.